The van der Waals surface area contributed by atoms with E-state index in [0.29, 0.717) is 22.3 Å². The maximum atomic E-state index is 9.73. The van der Waals surface area contributed by atoms with Crippen LogP contribution in [-0.2, 0) is 5.41 Å². The summed E-state index contributed by atoms with van der Waals surface area (Å²) >= 11 is 11.9. The number of hydrogen-bond donors (Lipinski definition) is 0. The molecule has 0 aromatic carbocycles. The fourth-order valence-electron chi connectivity index (χ4n) is 3.54. The van der Waals surface area contributed by atoms with Gasteiger partial charge in [0.05, 0.1) is 16.5 Å². The van der Waals surface area contributed by atoms with E-state index in [1.54, 1.807) is 6.20 Å². The Kier molecular flexibility index (Phi) is 3.21. The summed E-state index contributed by atoms with van der Waals surface area (Å²) in [4.78, 5) is 6.52. The number of pyridine rings is 1. The summed E-state index contributed by atoms with van der Waals surface area (Å²) in [6, 6.07) is 5.33. The van der Waals surface area contributed by atoms with Gasteiger partial charge >= 0.3 is 0 Å². The first kappa shape index (κ1) is 13.2. The Morgan fingerprint density at radius 1 is 1.37 bits per heavy atom. The van der Waals surface area contributed by atoms with E-state index >= 15 is 0 Å². The van der Waals surface area contributed by atoms with Crippen molar-refractivity contribution in [2.24, 2.45) is 0 Å². The van der Waals surface area contributed by atoms with Crippen molar-refractivity contribution in [3.63, 3.8) is 0 Å². The number of aromatic nitrogens is 1. The van der Waals surface area contributed by atoms with Gasteiger partial charge < -0.3 is 4.90 Å². The van der Waals surface area contributed by atoms with Crippen LogP contribution >= 0.6 is 23.2 Å². The molecule has 3 nitrogen and oxygen atoms in total. The van der Waals surface area contributed by atoms with Crippen molar-refractivity contribution in [1.29, 1.82) is 5.26 Å². The number of piperidine rings is 1. The molecule has 0 aliphatic carbocycles. The lowest BCUT2D eigenvalue weighted by Crippen LogP contribution is -2.47. The Bertz CT molecular complexity index is 538. The predicted molar refractivity (Wildman–Crippen MR) is 75.4 cm³/mol. The zero-order valence-corrected chi connectivity index (χ0v) is 12.2. The van der Waals surface area contributed by atoms with Gasteiger partial charge in [0.15, 0.2) is 0 Å². The third-order valence-corrected chi connectivity index (χ3v) is 5.40. The molecule has 100 valence electrons. The van der Waals surface area contributed by atoms with E-state index < -0.39 is 5.41 Å². The van der Waals surface area contributed by atoms with E-state index in [-0.39, 0.29) is 0 Å². The molecule has 0 N–H and O–H groups in total. The van der Waals surface area contributed by atoms with Crippen molar-refractivity contribution in [2.75, 3.05) is 7.05 Å². The molecule has 0 saturated carbocycles. The number of rotatable bonds is 1. The lowest BCUT2D eigenvalue weighted by Gasteiger charge is -2.41. The summed E-state index contributed by atoms with van der Waals surface area (Å²) in [5.74, 6) is 0. The van der Waals surface area contributed by atoms with Crippen LogP contribution in [0.2, 0.25) is 10.2 Å². The van der Waals surface area contributed by atoms with Gasteiger partial charge in [-0.05, 0) is 44.4 Å². The first-order valence-corrected chi connectivity index (χ1v) is 7.26. The van der Waals surface area contributed by atoms with Crippen molar-refractivity contribution in [2.45, 2.75) is 43.2 Å². The topological polar surface area (TPSA) is 39.9 Å². The summed E-state index contributed by atoms with van der Waals surface area (Å²) in [6.45, 7) is 0. The van der Waals surface area contributed by atoms with Gasteiger partial charge in [-0.2, -0.15) is 5.26 Å². The van der Waals surface area contributed by atoms with Crippen molar-refractivity contribution in [3.8, 4) is 6.07 Å². The Morgan fingerprint density at radius 3 is 2.53 bits per heavy atom. The second kappa shape index (κ2) is 4.63. The molecule has 2 saturated heterocycles. The second-order valence-electron chi connectivity index (χ2n) is 5.65. The summed E-state index contributed by atoms with van der Waals surface area (Å²) in [6.07, 6.45) is 5.78. The second-order valence-corrected chi connectivity index (χ2v) is 6.41. The Labute approximate surface area is 123 Å². The first-order valence-electron chi connectivity index (χ1n) is 6.50. The summed E-state index contributed by atoms with van der Waals surface area (Å²) in [5.41, 5.74) is 0.453. The highest BCUT2D eigenvalue weighted by Gasteiger charge is 2.48. The summed E-state index contributed by atoms with van der Waals surface area (Å²) in [5, 5.41) is 10.5. The molecular weight excluding hydrogens is 281 g/mol. The van der Waals surface area contributed by atoms with Crippen LogP contribution in [0.3, 0.4) is 0 Å². The largest absolute Gasteiger partial charge is 0.300 e. The fraction of sp³-hybridized carbons (Fsp3) is 0.571. The maximum absolute atomic E-state index is 9.73. The highest BCUT2D eigenvalue weighted by molar-refractivity contribution is 6.41. The molecule has 3 rings (SSSR count). The molecule has 2 bridgehead atoms. The van der Waals surface area contributed by atoms with E-state index in [4.69, 9.17) is 23.2 Å². The van der Waals surface area contributed by atoms with Gasteiger partial charge in [-0.3, -0.25) is 0 Å². The number of nitrogens with zero attached hydrogens (tertiary/aromatic N) is 3. The van der Waals surface area contributed by atoms with Gasteiger partial charge in [-0.15, -0.1) is 0 Å². The minimum absolute atomic E-state index is 0.300. The number of fused-ring (bicyclic) bond motifs is 2. The van der Waals surface area contributed by atoms with E-state index in [1.165, 1.54) is 12.8 Å². The molecular formula is C14H15Cl2N3. The lowest BCUT2D eigenvalue weighted by atomic mass is 9.72. The zero-order valence-electron chi connectivity index (χ0n) is 10.7. The quantitative estimate of drug-likeness (QED) is 0.746. The van der Waals surface area contributed by atoms with E-state index in [2.05, 4.69) is 23.0 Å². The van der Waals surface area contributed by atoms with Crippen LogP contribution in [0, 0.1) is 11.3 Å². The van der Waals surface area contributed by atoms with Crippen molar-refractivity contribution < 1.29 is 0 Å². The lowest BCUT2D eigenvalue weighted by molar-refractivity contribution is 0.135. The minimum Gasteiger partial charge on any atom is -0.300 e. The molecule has 2 aliphatic rings. The van der Waals surface area contributed by atoms with Crippen LogP contribution < -0.4 is 0 Å². The highest BCUT2D eigenvalue weighted by atomic mass is 35.5. The smallest absolute Gasteiger partial charge is 0.147 e. The van der Waals surface area contributed by atoms with Crippen LogP contribution in [0.1, 0.15) is 31.2 Å². The number of nitriles is 1. The summed E-state index contributed by atoms with van der Waals surface area (Å²) < 4.78 is 0. The van der Waals surface area contributed by atoms with Crippen LogP contribution in [0.5, 0.6) is 0 Å². The van der Waals surface area contributed by atoms with Gasteiger partial charge in [0.2, 0.25) is 0 Å². The zero-order chi connectivity index (χ0) is 13.6. The van der Waals surface area contributed by atoms with E-state index in [0.717, 1.165) is 18.4 Å². The minimum atomic E-state index is -0.459. The molecule has 0 radical (unpaired) electrons. The van der Waals surface area contributed by atoms with Crippen molar-refractivity contribution >= 4 is 23.2 Å². The predicted octanol–water partition coefficient (Wildman–Crippen LogP) is 3.41. The molecule has 1 aromatic heterocycles. The SMILES string of the molecule is CN1C2CCC1CC(C#N)(c1cnc(Cl)c(Cl)c1)C2. The Morgan fingerprint density at radius 2 is 2.00 bits per heavy atom. The molecule has 2 fully saturated rings. The molecule has 0 spiro atoms. The molecule has 0 amide bonds. The molecule has 2 unspecified atom stereocenters. The Balaban J connectivity index is 2.01. The molecule has 19 heavy (non-hydrogen) atoms. The maximum Gasteiger partial charge on any atom is 0.147 e. The van der Waals surface area contributed by atoms with Gasteiger partial charge in [0.25, 0.3) is 0 Å². The third kappa shape index (κ3) is 2.03. The number of hydrogen-bond acceptors (Lipinski definition) is 3. The molecule has 1 aromatic rings. The molecule has 2 aliphatic heterocycles. The van der Waals surface area contributed by atoms with Gasteiger partial charge in [-0.1, -0.05) is 23.2 Å². The van der Waals surface area contributed by atoms with Gasteiger partial charge in [0.1, 0.15) is 5.15 Å². The number of halogens is 2. The fourth-order valence-corrected chi connectivity index (χ4v) is 3.81. The Hall–Kier alpha value is -0.820. The van der Waals surface area contributed by atoms with Gasteiger partial charge in [-0.25, -0.2) is 4.98 Å². The van der Waals surface area contributed by atoms with Crippen LogP contribution in [0.25, 0.3) is 0 Å². The van der Waals surface area contributed by atoms with Gasteiger partial charge in [0, 0.05) is 18.3 Å². The normalized spacial score (nSPS) is 34.2. The molecule has 2 atom stereocenters. The first-order chi connectivity index (χ1) is 9.05. The van der Waals surface area contributed by atoms with Crippen molar-refractivity contribution in [3.05, 3.63) is 28.0 Å². The molecule has 5 heteroatoms. The summed E-state index contributed by atoms with van der Waals surface area (Å²) in [7, 11) is 2.16. The van der Waals surface area contributed by atoms with Crippen LogP contribution in [0.4, 0.5) is 0 Å². The average molecular weight is 296 g/mol. The third-order valence-electron chi connectivity index (χ3n) is 4.72. The molecule has 3 heterocycles. The van der Waals surface area contributed by atoms with E-state index in [1.807, 2.05) is 6.07 Å². The van der Waals surface area contributed by atoms with Crippen molar-refractivity contribution in [1.82, 2.24) is 9.88 Å². The average Bonchev–Trinajstić information content (AvgIpc) is 2.65. The van der Waals surface area contributed by atoms with E-state index in [9.17, 15) is 5.26 Å². The standard InChI is InChI=1S/C14H15Cl2N3/c1-19-10-2-3-11(19)6-14(5-10,8-17)9-4-12(15)13(16)18-7-9/h4,7,10-11H,2-3,5-6H2,1H3. The van der Waals surface area contributed by atoms with Crippen LogP contribution in [-0.4, -0.2) is 29.0 Å². The highest BCUT2D eigenvalue weighted by Crippen LogP contribution is 2.46. The van der Waals surface area contributed by atoms with Crippen LogP contribution in [0.15, 0.2) is 12.3 Å². The monoisotopic (exact) mass is 295 g/mol.